The standard InChI is InChI=1S/C31H19N/c1-3-7-24-20(5-1)9-10-22-19-23(12-13-26(22)24)31-30-16-15-27-25-8-4-2-6-21(25)11-14-28(27)29(30)17-18-32-31/h1-19H/i1D,3D,5D,7D. The van der Waals surface area contributed by atoms with Crippen LogP contribution in [0.25, 0.3) is 65.1 Å². The molecular weight excluding hydrogens is 386 g/mol. The summed E-state index contributed by atoms with van der Waals surface area (Å²) in [6, 6.07) is 28.5. The molecule has 6 aromatic carbocycles. The lowest BCUT2D eigenvalue weighted by Gasteiger charge is -2.12. The molecule has 1 nitrogen and oxygen atoms in total. The van der Waals surface area contributed by atoms with Crippen molar-refractivity contribution in [1.82, 2.24) is 4.98 Å². The summed E-state index contributed by atoms with van der Waals surface area (Å²) in [4.78, 5) is 4.75. The number of fused-ring (bicyclic) bond motifs is 8. The van der Waals surface area contributed by atoms with E-state index in [-0.39, 0.29) is 24.2 Å². The van der Waals surface area contributed by atoms with Crippen molar-refractivity contribution in [2.45, 2.75) is 0 Å². The summed E-state index contributed by atoms with van der Waals surface area (Å²) in [7, 11) is 0. The summed E-state index contributed by atoms with van der Waals surface area (Å²) in [5, 5.41) is 9.89. The summed E-state index contributed by atoms with van der Waals surface area (Å²) in [5.41, 5.74) is 1.85. The van der Waals surface area contributed by atoms with Gasteiger partial charge in [-0.15, -0.1) is 0 Å². The number of hydrogen-bond donors (Lipinski definition) is 0. The second kappa shape index (κ2) is 6.63. The summed E-state index contributed by atoms with van der Waals surface area (Å²) < 4.78 is 32.9. The van der Waals surface area contributed by atoms with Gasteiger partial charge in [0.1, 0.15) is 0 Å². The molecule has 0 aliphatic carbocycles. The largest absolute Gasteiger partial charge is 0.256 e. The van der Waals surface area contributed by atoms with Crippen molar-refractivity contribution in [2.24, 2.45) is 0 Å². The third-order valence-electron chi connectivity index (χ3n) is 6.41. The van der Waals surface area contributed by atoms with Gasteiger partial charge in [-0.25, -0.2) is 0 Å². The first kappa shape index (κ1) is 14.0. The maximum atomic E-state index is 8.46. The first-order valence-electron chi connectivity index (χ1n) is 12.7. The van der Waals surface area contributed by atoms with E-state index < -0.39 is 0 Å². The molecule has 0 saturated carbocycles. The molecular formula is C31H19N. The molecule has 0 unspecified atom stereocenters. The Bertz CT molecular complexity index is 2050. The van der Waals surface area contributed by atoms with E-state index in [2.05, 4.69) is 60.7 Å². The Morgan fingerprint density at radius 2 is 1.19 bits per heavy atom. The molecule has 32 heavy (non-hydrogen) atoms. The van der Waals surface area contributed by atoms with Gasteiger partial charge in [0.25, 0.3) is 0 Å². The number of hydrogen-bond acceptors (Lipinski definition) is 1. The maximum absolute atomic E-state index is 8.46. The van der Waals surface area contributed by atoms with Gasteiger partial charge in [-0.3, -0.25) is 4.98 Å². The minimum atomic E-state index is -0.209. The van der Waals surface area contributed by atoms with E-state index in [0.29, 0.717) is 10.8 Å². The lowest BCUT2D eigenvalue weighted by atomic mass is 9.94. The molecule has 0 N–H and O–H groups in total. The zero-order valence-electron chi connectivity index (χ0n) is 21.1. The fraction of sp³-hybridized carbons (Fsp3) is 0. The van der Waals surface area contributed by atoms with Crippen molar-refractivity contribution in [2.75, 3.05) is 0 Å². The third-order valence-corrected chi connectivity index (χ3v) is 6.41. The highest BCUT2D eigenvalue weighted by Crippen LogP contribution is 2.36. The van der Waals surface area contributed by atoms with Crippen LogP contribution < -0.4 is 0 Å². The average molecular weight is 410 g/mol. The third kappa shape index (κ3) is 2.48. The predicted molar refractivity (Wildman–Crippen MR) is 137 cm³/mol. The molecule has 0 spiro atoms. The molecule has 7 rings (SSSR count). The number of benzene rings is 6. The van der Waals surface area contributed by atoms with Gasteiger partial charge in [0, 0.05) is 17.1 Å². The Labute approximate surface area is 191 Å². The van der Waals surface area contributed by atoms with Gasteiger partial charge < -0.3 is 0 Å². The van der Waals surface area contributed by atoms with Crippen LogP contribution in [-0.4, -0.2) is 4.98 Å². The Balaban J connectivity index is 1.48. The zero-order chi connectivity index (χ0) is 24.6. The number of nitrogens with zero attached hydrogens (tertiary/aromatic N) is 1. The lowest BCUT2D eigenvalue weighted by Crippen LogP contribution is -1.88. The molecule has 0 bridgehead atoms. The van der Waals surface area contributed by atoms with E-state index in [1.165, 1.54) is 21.5 Å². The van der Waals surface area contributed by atoms with Crippen LogP contribution in [0.15, 0.2) is 115 Å². The zero-order valence-corrected chi connectivity index (χ0v) is 17.1. The van der Waals surface area contributed by atoms with Crippen LogP contribution in [0.3, 0.4) is 0 Å². The first-order valence-corrected chi connectivity index (χ1v) is 10.7. The van der Waals surface area contributed by atoms with Crippen LogP contribution in [0.2, 0.25) is 0 Å². The summed E-state index contributed by atoms with van der Waals surface area (Å²) in [5.74, 6) is 0. The number of pyridine rings is 1. The van der Waals surface area contributed by atoms with Crippen LogP contribution >= 0.6 is 0 Å². The first-order chi connectivity index (χ1) is 17.5. The van der Waals surface area contributed by atoms with E-state index in [4.69, 9.17) is 10.5 Å². The highest BCUT2D eigenvalue weighted by molar-refractivity contribution is 6.19. The van der Waals surface area contributed by atoms with Crippen LogP contribution in [-0.2, 0) is 0 Å². The minimum Gasteiger partial charge on any atom is -0.256 e. The molecule has 0 fully saturated rings. The molecule has 0 radical (unpaired) electrons. The minimum absolute atomic E-state index is 0.00732. The average Bonchev–Trinajstić information content (AvgIpc) is 2.93. The molecule has 0 aliphatic rings. The molecule has 7 aromatic rings. The Hall–Kier alpha value is -4.23. The molecule has 148 valence electrons. The predicted octanol–water partition coefficient (Wildman–Crippen LogP) is 8.51. The van der Waals surface area contributed by atoms with Gasteiger partial charge in [-0.1, -0.05) is 97.0 Å². The summed E-state index contributed by atoms with van der Waals surface area (Å²) in [6.07, 6.45) is 1.85. The topological polar surface area (TPSA) is 12.9 Å². The molecule has 0 amide bonds. The molecule has 1 heterocycles. The molecule has 0 atom stereocenters. The Morgan fingerprint density at radius 1 is 0.500 bits per heavy atom. The van der Waals surface area contributed by atoms with Gasteiger partial charge in [-0.2, -0.15) is 0 Å². The van der Waals surface area contributed by atoms with E-state index in [1.54, 1.807) is 6.07 Å². The van der Waals surface area contributed by atoms with Crippen LogP contribution in [0.4, 0.5) is 0 Å². The normalized spacial score (nSPS) is 13.5. The highest BCUT2D eigenvalue weighted by atomic mass is 14.7. The lowest BCUT2D eigenvalue weighted by molar-refractivity contribution is 1.36. The SMILES string of the molecule is [2H]c1c([2H])c([2H])c2c(ccc3cc(-c4nccc5c4ccc4c6ccccc6ccc54)ccc32)c1[2H]. The van der Waals surface area contributed by atoms with Gasteiger partial charge in [0.2, 0.25) is 0 Å². The molecule has 0 saturated heterocycles. The van der Waals surface area contributed by atoms with Crippen LogP contribution in [0.5, 0.6) is 0 Å². The van der Waals surface area contributed by atoms with Crippen molar-refractivity contribution in [3.63, 3.8) is 0 Å². The van der Waals surface area contributed by atoms with Crippen molar-refractivity contribution in [3.05, 3.63) is 115 Å². The van der Waals surface area contributed by atoms with Gasteiger partial charge in [0.15, 0.2) is 0 Å². The van der Waals surface area contributed by atoms with E-state index in [1.807, 2.05) is 24.4 Å². The van der Waals surface area contributed by atoms with Gasteiger partial charge in [-0.05, 0) is 60.6 Å². The van der Waals surface area contributed by atoms with E-state index in [0.717, 1.165) is 32.8 Å². The van der Waals surface area contributed by atoms with Crippen molar-refractivity contribution < 1.29 is 5.48 Å². The van der Waals surface area contributed by atoms with Crippen molar-refractivity contribution in [3.8, 4) is 11.3 Å². The Morgan fingerprint density at radius 3 is 2.19 bits per heavy atom. The number of aromatic nitrogens is 1. The maximum Gasteiger partial charge on any atom is 0.0780 e. The van der Waals surface area contributed by atoms with Gasteiger partial charge >= 0.3 is 0 Å². The fourth-order valence-electron chi connectivity index (χ4n) is 4.89. The monoisotopic (exact) mass is 409 g/mol. The second-order valence-corrected chi connectivity index (χ2v) is 8.13. The number of rotatable bonds is 1. The second-order valence-electron chi connectivity index (χ2n) is 8.13. The molecule has 1 heteroatoms. The Kier molecular flexibility index (Phi) is 2.89. The summed E-state index contributed by atoms with van der Waals surface area (Å²) in [6.45, 7) is 0. The van der Waals surface area contributed by atoms with Crippen molar-refractivity contribution in [1.29, 1.82) is 0 Å². The quantitative estimate of drug-likeness (QED) is 0.248. The van der Waals surface area contributed by atoms with Crippen LogP contribution in [0, 0.1) is 0 Å². The molecule has 1 aromatic heterocycles. The fourth-order valence-corrected chi connectivity index (χ4v) is 4.89. The highest BCUT2D eigenvalue weighted by Gasteiger charge is 2.11. The summed E-state index contributed by atoms with van der Waals surface area (Å²) >= 11 is 0. The molecule has 0 aliphatic heterocycles. The van der Waals surface area contributed by atoms with Crippen molar-refractivity contribution >= 4 is 53.9 Å². The van der Waals surface area contributed by atoms with E-state index >= 15 is 0 Å². The van der Waals surface area contributed by atoms with Gasteiger partial charge in [0.05, 0.1) is 11.2 Å². The van der Waals surface area contributed by atoms with Crippen LogP contribution in [0.1, 0.15) is 5.48 Å². The smallest absolute Gasteiger partial charge is 0.0780 e. The van der Waals surface area contributed by atoms with E-state index in [9.17, 15) is 0 Å².